The van der Waals surface area contributed by atoms with Crippen molar-refractivity contribution in [1.82, 2.24) is 0 Å². The van der Waals surface area contributed by atoms with Gasteiger partial charge in [-0.15, -0.1) is 0 Å². The molecule has 0 spiro atoms. The summed E-state index contributed by atoms with van der Waals surface area (Å²) in [6, 6.07) is 5.70. The second-order valence-corrected chi connectivity index (χ2v) is 4.94. The minimum absolute atomic E-state index is 0.124. The van der Waals surface area contributed by atoms with E-state index in [0.717, 1.165) is 15.8 Å². The van der Waals surface area contributed by atoms with Crippen molar-refractivity contribution in [1.29, 1.82) is 0 Å². The fourth-order valence-electron chi connectivity index (χ4n) is 1.36. The van der Waals surface area contributed by atoms with Crippen LogP contribution in [0.2, 0.25) is 0 Å². The molecular weight excluding hydrogens is 256 g/mol. The quantitative estimate of drug-likeness (QED) is 0.842. The summed E-state index contributed by atoms with van der Waals surface area (Å²) in [6.07, 6.45) is 0. The molecule has 0 aliphatic carbocycles. The van der Waals surface area contributed by atoms with Gasteiger partial charge < -0.3 is 4.74 Å². The monoisotopic (exact) mass is 270 g/mol. The molecule has 0 saturated carbocycles. The van der Waals surface area contributed by atoms with Crippen molar-refractivity contribution in [3.8, 4) is 5.75 Å². The second-order valence-electron chi connectivity index (χ2n) is 4.03. The molecule has 1 aromatic rings. The molecule has 15 heavy (non-hydrogen) atoms. The number of halogens is 1. The van der Waals surface area contributed by atoms with Gasteiger partial charge in [0.1, 0.15) is 11.5 Å². The Morgan fingerprint density at radius 3 is 2.47 bits per heavy atom. The van der Waals surface area contributed by atoms with Gasteiger partial charge in [0.25, 0.3) is 0 Å². The largest absolute Gasteiger partial charge is 0.496 e. The molecule has 0 saturated heterocycles. The van der Waals surface area contributed by atoms with Gasteiger partial charge in [-0.25, -0.2) is 0 Å². The molecule has 3 heteroatoms. The number of benzene rings is 1. The molecule has 2 nitrogen and oxygen atoms in total. The lowest BCUT2D eigenvalue weighted by atomic mass is 9.81. The molecule has 0 aromatic heterocycles. The summed E-state index contributed by atoms with van der Waals surface area (Å²) in [5.74, 6) is 0.873. The number of ether oxygens (including phenoxy) is 1. The summed E-state index contributed by atoms with van der Waals surface area (Å²) < 4.78 is 6.22. The van der Waals surface area contributed by atoms with Crippen molar-refractivity contribution < 1.29 is 9.53 Å². The molecule has 0 unspecified atom stereocenters. The first kappa shape index (κ1) is 12.2. The lowest BCUT2D eigenvalue weighted by Gasteiger charge is -2.24. The van der Waals surface area contributed by atoms with E-state index in [4.69, 9.17) is 4.74 Å². The van der Waals surface area contributed by atoms with E-state index >= 15 is 0 Å². The first-order chi connectivity index (χ1) is 6.89. The molecule has 1 aromatic carbocycles. The predicted molar refractivity (Wildman–Crippen MR) is 64.4 cm³/mol. The zero-order chi connectivity index (χ0) is 11.6. The van der Waals surface area contributed by atoms with Crippen LogP contribution in [0.25, 0.3) is 0 Å². The zero-order valence-corrected chi connectivity index (χ0v) is 11.0. The summed E-state index contributed by atoms with van der Waals surface area (Å²) in [4.78, 5) is 11.6. The van der Waals surface area contributed by atoms with Crippen LogP contribution in [0.1, 0.15) is 26.3 Å². The van der Waals surface area contributed by atoms with Gasteiger partial charge in [0.15, 0.2) is 0 Å². The molecule has 0 atom stereocenters. The van der Waals surface area contributed by atoms with Gasteiger partial charge in [0.2, 0.25) is 0 Å². The lowest BCUT2D eigenvalue weighted by molar-refractivity contribution is -0.121. The van der Waals surface area contributed by atoms with Gasteiger partial charge in [-0.2, -0.15) is 0 Å². The van der Waals surface area contributed by atoms with Crippen LogP contribution in [0.15, 0.2) is 22.7 Å². The van der Waals surface area contributed by atoms with E-state index in [0.29, 0.717) is 0 Å². The molecule has 0 fully saturated rings. The normalized spacial score (nSPS) is 11.3. The summed E-state index contributed by atoms with van der Waals surface area (Å²) in [7, 11) is 1.61. The van der Waals surface area contributed by atoms with E-state index in [-0.39, 0.29) is 5.78 Å². The minimum Gasteiger partial charge on any atom is -0.496 e. The Bertz CT molecular complexity index is 383. The standard InChI is InChI=1S/C12H15BrO2/c1-8(14)12(2,3)10-7-9(13)5-6-11(10)15-4/h5-7H,1-4H3. The zero-order valence-electron chi connectivity index (χ0n) is 9.43. The summed E-state index contributed by atoms with van der Waals surface area (Å²) >= 11 is 3.40. The number of hydrogen-bond acceptors (Lipinski definition) is 2. The fraction of sp³-hybridized carbons (Fsp3) is 0.417. The summed E-state index contributed by atoms with van der Waals surface area (Å²) in [5, 5.41) is 0. The summed E-state index contributed by atoms with van der Waals surface area (Å²) in [5.41, 5.74) is 0.390. The number of methoxy groups -OCH3 is 1. The molecular formula is C12H15BrO2. The van der Waals surface area contributed by atoms with Gasteiger partial charge in [0, 0.05) is 10.0 Å². The molecule has 82 valence electrons. The molecule has 1 rings (SSSR count). The van der Waals surface area contributed by atoms with Crippen LogP contribution in [0.5, 0.6) is 5.75 Å². The van der Waals surface area contributed by atoms with Crippen LogP contribution in [0, 0.1) is 0 Å². The first-order valence-corrected chi connectivity index (χ1v) is 5.54. The molecule has 0 aliphatic heterocycles. The fourth-order valence-corrected chi connectivity index (χ4v) is 1.72. The number of hydrogen-bond donors (Lipinski definition) is 0. The van der Waals surface area contributed by atoms with E-state index in [2.05, 4.69) is 15.9 Å². The highest BCUT2D eigenvalue weighted by atomic mass is 79.9. The number of carbonyl (C=O) groups is 1. The maximum atomic E-state index is 11.6. The average molecular weight is 271 g/mol. The highest BCUT2D eigenvalue weighted by molar-refractivity contribution is 9.10. The molecule has 0 N–H and O–H groups in total. The number of ketones is 1. The third kappa shape index (κ3) is 2.40. The lowest BCUT2D eigenvalue weighted by Crippen LogP contribution is -2.27. The van der Waals surface area contributed by atoms with Crippen LogP contribution in [-0.2, 0) is 10.2 Å². The van der Waals surface area contributed by atoms with Gasteiger partial charge in [-0.3, -0.25) is 4.79 Å². The van der Waals surface area contributed by atoms with Crippen molar-refractivity contribution in [2.45, 2.75) is 26.2 Å². The third-order valence-electron chi connectivity index (χ3n) is 2.72. The second kappa shape index (κ2) is 4.35. The van der Waals surface area contributed by atoms with Gasteiger partial charge in [-0.1, -0.05) is 15.9 Å². The Hall–Kier alpha value is -0.830. The molecule has 0 aliphatic rings. The smallest absolute Gasteiger partial charge is 0.139 e. The first-order valence-electron chi connectivity index (χ1n) is 4.74. The Labute approximate surface area is 98.8 Å². The van der Waals surface area contributed by atoms with Crippen molar-refractivity contribution in [3.63, 3.8) is 0 Å². The molecule has 0 heterocycles. The maximum Gasteiger partial charge on any atom is 0.139 e. The van der Waals surface area contributed by atoms with Gasteiger partial charge in [-0.05, 0) is 39.0 Å². The summed E-state index contributed by atoms with van der Waals surface area (Å²) in [6.45, 7) is 5.40. The molecule has 0 amide bonds. The molecule has 0 radical (unpaired) electrons. The number of carbonyl (C=O) groups excluding carboxylic acids is 1. The Morgan fingerprint density at radius 2 is 2.00 bits per heavy atom. The maximum absolute atomic E-state index is 11.6. The highest BCUT2D eigenvalue weighted by Crippen LogP contribution is 2.34. The van der Waals surface area contributed by atoms with Crippen LogP contribution in [-0.4, -0.2) is 12.9 Å². The predicted octanol–water partition coefficient (Wildman–Crippen LogP) is 3.32. The Morgan fingerprint density at radius 1 is 1.40 bits per heavy atom. The van der Waals surface area contributed by atoms with Crippen LogP contribution in [0.4, 0.5) is 0 Å². The Balaban J connectivity index is 3.34. The van der Waals surface area contributed by atoms with E-state index in [1.807, 2.05) is 32.0 Å². The van der Waals surface area contributed by atoms with Crippen molar-refractivity contribution in [2.75, 3.05) is 7.11 Å². The van der Waals surface area contributed by atoms with E-state index in [1.165, 1.54) is 0 Å². The highest BCUT2D eigenvalue weighted by Gasteiger charge is 2.29. The van der Waals surface area contributed by atoms with Crippen LogP contribution in [0.3, 0.4) is 0 Å². The van der Waals surface area contributed by atoms with Crippen molar-refractivity contribution in [2.24, 2.45) is 0 Å². The van der Waals surface area contributed by atoms with Crippen LogP contribution >= 0.6 is 15.9 Å². The van der Waals surface area contributed by atoms with Crippen molar-refractivity contribution >= 4 is 21.7 Å². The van der Waals surface area contributed by atoms with E-state index in [1.54, 1.807) is 14.0 Å². The minimum atomic E-state index is -0.519. The van der Waals surface area contributed by atoms with E-state index in [9.17, 15) is 4.79 Å². The number of Topliss-reactive ketones (excluding diaryl/α,β-unsaturated/α-hetero) is 1. The molecule has 0 bridgehead atoms. The van der Waals surface area contributed by atoms with Crippen molar-refractivity contribution in [3.05, 3.63) is 28.2 Å². The van der Waals surface area contributed by atoms with Crippen LogP contribution < -0.4 is 4.74 Å². The van der Waals surface area contributed by atoms with Gasteiger partial charge in [0.05, 0.1) is 12.5 Å². The SMILES string of the molecule is COc1ccc(Br)cc1C(C)(C)C(C)=O. The topological polar surface area (TPSA) is 26.3 Å². The third-order valence-corrected chi connectivity index (χ3v) is 3.21. The van der Waals surface area contributed by atoms with Gasteiger partial charge >= 0.3 is 0 Å². The average Bonchev–Trinajstić information content (AvgIpc) is 2.17. The number of rotatable bonds is 3. The van der Waals surface area contributed by atoms with E-state index < -0.39 is 5.41 Å². The Kier molecular flexibility index (Phi) is 3.55.